The molecule has 2 heterocycles. The number of nitrogens with two attached hydrogens (primary N) is 1. The molecule has 1 aliphatic rings. The molecule has 0 fully saturated rings. The molecule has 3 rings (SSSR count). The summed E-state index contributed by atoms with van der Waals surface area (Å²) in [7, 11) is 0. The van der Waals surface area contributed by atoms with Crippen LogP contribution in [0.2, 0.25) is 10.3 Å². The minimum absolute atomic E-state index is 0.156. The molecule has 1 atom stereocenters. The molecule has 1 unspecified atom stereocenters. The van der Waals surface area contributed by atoms with Crippen LogP contribution >= 0.6 is 39.1 Å². The van der Waals surface area contributed by atoms with Crippen LogP contribution < -0.4 is 5.73 Å². The van der Waals surface area contributed by atoms with Crippen molar-refractivity contribution < 1.29 is 4.39 Å². The van der Waals surface area contributed by atoms with Gasteiger partial charge in [0.05, 0.1) is 6.54 Å². The maximum absolute atomic E-state index is 14.2. The summed E-state index contributed by atoms with van der Waals surface area (Å²) in [4.78, 5) is 8.48. The number of aromatic nitrogens is 2. The Balaban J connectivity index is 0.000000924. The van der Waals surface area contributed by atoms with E-state index < -0.39 is 5.54 Å². The van der Waals surface area contributed by atoms with Gasteiger partial charge in [0.2, 0.25) is 0 Å². The Hall–Kier alpha value is -1.11. The van der Waals surface area contributed by atoms with E-state index in [1.165, 1.54) is 6.07 Å². The third-order valence-electron chi connectivity index (χ3n) is 3.44. The van der Waals surface area contributed by atoms with Gasteiger partial charge in [-0.25, -0.2) is 9.37 Å². The van der Waals surface area contributed by atoms with Crippen LogP contribution in [0.1, 0.15) is 32.2 Å². The average Bonchev–Trinajstić information content (AvgIpc) is 2.80. The van der Waals surface area contributed by atoms with Gasteiger partial charge in [-0.15, -0.1) is 0 Å². The summed E-state index contributed by atoms with van der Waals surface area (Å²) >= 11 is 15.4. The van der Waals surface area contributed by atoms with Crippen molar-refractivity contribution in [2.75, 3.05) is 0 Å². The Bertz CT molecular complexity index is 775. The molecular weight excluding hydrogens is 406 g/mol. The molecule has 1 aliphatic heterocycles. The predicted octanol–water partition coefficient (Wildman–Crippen LogP) is 4.75. The number of halogens is 4. The maximum Gasteiger partial charge on any atom is 0.178 e. The third-order valence-corrected chi connectivity index (χ3v) is 4.67. The third kappa shape index (κ3) is 3.25. The fourth-order valence-electron chi connectivity index (χ4n) is 2.46. The van der Waals surface area contributed by atoms with E-state index in [2.05, 4.69) is 25.9 Å². The zero-order valence-electron chi connectivity index (χ0n) is 12.9. The molecule has 0 aliphatic carbocycles. The smallest absolute Gasteiger partial charge is 0.178 e. The van der Waals surface area contributed by atoms with Crippen LogP contribution in [0.15, 0.2) is 27.7 Å². The standard InChI is InChI=1S/C13H10BrCl2FN4.C2H6/c1-13(7-4-6(14)2-3-8(7)17)5-21-10(16)9(15)19-12(21)11(18)20-13;1-2/h2-4H,5H2,1H3,(H2,18,20);1-2H3. The van der Waals surface area contributed by atoms with Crippen LogP contribution in [0.3, 0.4) is 0 Å². The zero-order chi connectivity index (χ0) is 17.4. The van der Waals surface area contributed by atoms with E-state index >= 15 is 0 Å². The maximum atomic E-state index is 14.2. The predicted molar refractivity (Wildman–Crippen MR) is 95.8 cm³/mol. The number of amidine groups is 1. The molecule has 0 saturated carbocycles. The SMILES string of the molecule is CC.CC1(c2cc(Br)ccc2F)Cn2c(nc(Cl)c2Cl)C(N)=N1. The minimum Gasteiger partial charge on any atom is -0.381 e. The number of rotatable bonds is 1. The highest BCUT2D eigenvalue weighted by molar-refractivity contribution is 9.10. The molecular formula is C15H16BrCl2FN4. The molecule has 8 heteroatoms. The monoisotopic (exact) mass is 420 g/mol. The van der Waals surface area contributed by atoms with Crippen molar-refractivity contribution >= 4 is 45.0 Å². The molecule has 0 spiro atoms. The van der Waals surface area contributed by atoms with E-state index in [0.29, 0.717) is 17.9 Å². The number of hydrogen-bond acceptors (Lipinski definition) is 3. The second-order valence-electron chi connectivity index (χ2n) is 5.00. The van der Waals surface area contributed by atoms with Gasteiger partial charge in [-0.1, -0.05) is 53.0 Å². The van der Waals surface area contributed by atoms with Gasteiger partial charge in [-0.3, -0.25) is 4.99 Å². The molecule has 1 aromatic heterocycles. The van der Waals surface area contributed by atoms with E-state index in [-0.39, 0.29) is 22.0 Å². The van der Waals surface area contributed by atoms with Crippen molar-refractivity contribution in [3.63, 3.8) is 0 Å². The molecule has 0 amide bonds. The summed E-state index contributed by atoms with van der Waals surface area (Å²) in [5.74, 6) is 0.220. The number of imidazole rings is 1. The fraction of sp³-hybridized carbons (Fsp3) is 0.333. The van der Waals surface area contributed by atoms with Crippen LogP contribution in [0.4, 0.5) is 4.39 Å². The summed E-state index contributed by atoms with van der Waals surface area (Å²) in [6.07, 6.45) is 0. The summed E-state index contributed by atoms with van der Waals surface area (Å²) in [5.41, 5.74) is 5.48. The highest BCUT2D eigenvalue weighted by Gasteiger charge is 2.36. The lowest BCUT2D eigenvalue weighted by molar-refractivity contribution is 0.383. The lowest BCUT2D eigenvalue weighted by atomic mass is 9.91. The van der Waals surface area contributed by atoms with E-state index in [9.17, 15) is 4.39 Å². The highest BCUT2D eigenvalue weighted by atomic mass is 79.9. The number of aliphatic imine (C=N–C) groups is 1. The molecule has 0 radical (unpaired) electrons. The molecule has 0 saturated heterocycles. The molecule has 23 heavy (non-hydrogen) atoms. The van der Waals surface area contributed by atoms with E-state index in [1.54, 1.807) is 23.6 Å². The van der Waals surface area contributed by atoms with E-state index in [4.69, 9.17) is 28.9 Å². The van der Waals surface area contributed by atoms with E-state index in [1.807, 2.05) is 13.8 Å². The van der Waals surface area contributed by atoms with E-state index in [0.717, 1.165) is 4.47 Å². The second kappa shape index (κ2) is 6.79. The van der Waals surface area contributed by atoms with Crippen LogP contribution in [-0.4, -0.2) is 15.4 Å². The Labute approximate surface area is 152 Å². The average molecular weight is 422 g/mol. The number of nitrogens with zero attached hydrogens (tertiary/aromatic N) is 3. The van der Waals surface area contributed by atoms with Crippen molar-refractivity contribution in [1.82, 2.24) is 9.55 Å². The fourth-order valence-corrected chi connectivity index (χ4v) is 3.18. The zero-order valence-corrected chi connectivity index (χ0v) is 16.0. The molecule has 2 aromatic rings. The quantitative estimate of drug-likeness (QED) is 0.721. The first-order chi connectivity index (χ1) is 10.8. The Morgan fingerprint density at radius 1 is 1.35 bits per heavy atom. The van der Waals surface area contributed by atoms with Crippen LogP contribution in [0.25, 0.3) is 0 Å². The van der Waals surface area contributed by atoms with Crippen molar-refractivity contribution in [2.24, 2.45) is 10.7 Å². The summed E-state index contributed by atoms with van der Waals surface area (Å²) < 4.78 is 16.6. The minimum atomic E-state index is -0.890. The topological polar surface area (TPSA) is 56.2 Å². The van der Waals surface area contributed by atoms with Crippen LogP contribution in [-0.2, 0) is 12.1 Å². The number of fused-ring (bicyclic) bond motifs is 1. The van der Waals surface area contributed by atoms with Crippen molar-refractivity contribution in [3.8, 4) is 0 Å². The van der Waals surface area contributed by atoms with Gasteiger partial charge in [0.25, 0.3) is 0 Å². The Morgan fingerprint density at radius 2 is 2.00 bits per heavy atom. The summed E-state index contributed by atoms with van der Waals surface area (Å²) in [5, 5.41) is 0.426. The number of benzene rings is 1. The lowest BCUT2D eigenvalue weighted by Gasteiger charge is -2.31. The van der Waals surface area contributed by atoms with Crippen LogP contribution in [0, 0.1) is 5.82 Å². The molecule has 1 aromatic carbocycles. The van der Waals surface area contributed by atoms with Crippen molar-refractivity contribution in [1.29, 1.82) is 0 Å². The molecule has 0 bridgehead atoms. The van der Waals surface area contributed by atoms with Gasteiger partial charge in [0.1, 0.15) is 16.5 Å². The Morgan fingerprint density at radius 3 is 2.65 bits per heavy atom. The summed E-state index contributed by atoms with van der Waals surface area (Å²) in [6, 6.07) is 4.70. The number of hydrogen-bond donors (Lipinski definition) is 1. The van der Waals surface area contributed by atoms with Gasteiger partial charge in [-0.2, -0.15) is 0 Å². The lowest BCUT2D eigenvalue weighted by Crippen LogP contribution is -2.37. The molecule has 4 nitrogen and oxygen atoms in total. The molecule has 2 N–H and O–H groups in total. The summed E-state index contributed by atoms with van der Waals surface area (Å²) in [6.45, 7) is 6.09. The largest absolute Gasteiger partial charge is 0.381 e. The first kappa shape index (κ1) is 18.2. The Kier molecular flexibility index (Phi) is 5.38. The van der Waals surface area contributed by atoms with Gasteiger partial charge >= 0.3 is 0 Å². The van der Waals surface area contributed by atoms with Crippen molar-refractivity contribution in [3.05, 3.63) is 50.2 Å². The van der Waals surface area contributed by atoms with Crippen molar-refractivity contribution in [2.45, 2.75) is 32.9 Å². The van der Waals surface area contributed by atoms with Gasteiger partial charge in [0.15, 0.2) is 16.8 Å². The normalized spacial score (nSPS) is 19.5. The van der Waals surface area contributed by atoms with Gasteiger partial charge in [0, 0.05) is 10.0 Å². The first-order valence-electron chi connectivity index (χ1n) is 7.04. The van der Waals surface area contributed by atoms with Gasteiger partial charge in [-0.05, 0) is 25.1 Å². The second-order valence-corrected chi connectivity index (χ2v) is 6.63. The van der Waals surface area contributed by atoms with Gasteiger partial charge < -0.3 is 10.3 Å². The first-order valence-corrected chi connectivity index (χ1v) is 8.59. The van der Waals surface area contributed by atoms with Crippen LogP contribution in [0.5, 0.6) is 0 Å². The molecule has 124 valence electrons. The highest BCUT2D eigenvalue weighted by Crippen LogP contribution is 2.37.